The Balaban J connectivity index is 1.77. The third-order valence-electron chi connectivity index (χ3n) is 3.85. The molecular weight excluding hydrogens is 232 g/mol. The van der Waals surface area contributed by atoms with E-state index in [-0.39, 0.29) is 0 Å². The van der Waals surface area contributed by atoms with E-state index in [1.54, 1.807) is 11.8 Å². The Bertz CT molecular complexity index is 254. The van der Waals surface area contributed by atoms with Gasteiger partial charge in [-0.25, -0.2) is 0 Å². The van der Waals surface area contributed by atoms with Crippen LogP contribution in [-0.4, -0.2) is 60.4 Å². The van der Waals surface area contributed by atoms with Crippen LogP contribution in [0.4, 0.5) is 0 Å². The maximum atomic E-state index is 11.9. The fraction of sp³-hybridized carbons (Fsp3) is 0.923. The Labute approximate surface area is 109 Å². The van der Waals surface area contributed by atoms with Crippen LogP contribution >= 0.6 is 11.8 Å². The van der Waals surface area contributed by atoms with E-state index in [0.717, 1.165) is 13.1 Å². The zero-order chi connectivity index (χ0) is 12.1. The standard InChI is InChI=1S/C13H24N2OS/c1-17-11-13(16)15-8-4-5-12(10-15)9-14-6-2-3-7-14/h12H,2-11H2,1H3/t12-/m0/s1. The van der Waals surface area contributed by atoms with Gasteiger partial charge in [-0.3, -0.25) is 4.79 Å². The first-order chi connectivity index (χ1) is 8.29. The molecule has 3 nitrogen and oxygen atoms in total. The third kappa shape index (κ3) is 3.88. The van der Waals surface area contributed by atoms with Crippen molar-refractivity contribution in [1.82, 2.24) is 9.80 Å². The SMILES string of the molecule is CSCC(=O)N1CCC[C@@H](CN2CCCC2)C1. The lowest BCUT2D eigenvalue weighted by Crippen LogP contribution is -2.44. The van der Waals surface area contributed by atoms with E-state index in [1.165, 1.54) is 45.3 Å². The van der Waals surface area contributed by atoms with E-state index in [1.807, 2.05) is 6.26 Å². The van der Waals surface area contributed by atoms with Crippen molar-refractivity contribution in [3.63, 3.8) is 0 Å². The molecule has 0 aliphatic carbocycles. The van der Waals surface area contributed by atoms with Crippen LogP contribution in [0.25, 0.3) is 0 Å². The average molecular weight is 256 g/mol. The molecule has 1 atom stereocenters. The van der Waals surface area contributed by atoms with Crippen molar-refractivity contribution in [2.75, 3.05) is 44.7 Å². The molecule has 0 radical (unpaired) electrons. The quantitative estimate of drug-likeness (QED) is 0.765. The molecule has 17 heavy (non-hydrogen) atoms. The monoisotopic (exact) mass is 256 g/mol. The van der Waals surface area contributed by atoms with Crippen molar-refractivity contribution >= 4 is 17.7 Å². The highest BCUT2D eigenvalue weighted by Crippen LogP contribution is 2.20. The average Bonchev–Trinajstić information content (AvgIpc) is 2.82. The summed E-state index contributed by atoms with van der Waals surface area (Å²) in [6.45, 7) is 5.74. The second-order valence-electron chi connectivity index (χ2n) is 5.29. The van der Waals surface area contributed by atoms with Crippen LogP contribution in [0.15, 0.2) is 0 Å². The molecule has 0 N–H and O–H groups in total. The Morgan fingerprint density at radius 1 is 1.24 bits per heavy atom. The number of carbonyl (C=O) groups is 1. The van der Waals surface area contributed by atoms with E-state index >= 15 is 0 Å². The molecule has 0 aromatic heterocycles. The Morgan fingerprint density at radius 3 is 2.71 bits per heavy atom. The predicted octanol–water partition coefficient (Wildman–Crippen LogP) is 1.68. The first kappa shape index (κ1) is 13.2. The summed E-state index contributed by atoms with van der Waals surface area (Å²) in [5, 5.41) is 0. The van der Waals surface area contributed by atoms with E-state index in [9.17, 15) is 4.79 Å². The summed E-state index contributed by atoms with van der Waals surface area (Å²) in [6.07, 6.45) is 7.23. The first-order valence-electron chi connectivity index (χ1n) is 6.78. The van der Waals surface area contributed by atoms with Crippen LogP contribution in [0.2, 0.25) is 0 Å². The summed E-state index contributed by atoms with van der Waals surface area (Å²) in [6, 6.07) is 0. The van der Waals surface area contributed by atoms with Gasteiger partial charge in [0.1, 0.15) is 0 Å². The highest BCUT2D eigenvalue weighted by molar-refractivity contribution is 7.99. The number of thioether (sulfide) groups is 1. The number of piperidine rings is 1. The predicted molar refractivity (Wildman–Crippen MR) is 73.4 cm³/mol. The summed E-state index contributed by atoms with van der Waals surface area (Å²) in [5.74, 6) is 1.70. The maximum Gasteiger partial charge on any atom is 0.232 e. The molecule has 4 heteroatoms. The minimum atomic E-state index is 0.337. The highest BCUT2D eigenvalue weighted by Gasteiger charge is 2.25. The number of nitrogens with zero attached hydrogens (tertiary/aromatic N) is 2. The van der Waals surface area contributed by atoms with Gasteiger partial charge in [0.15, 0.2) is 0 Å². The van der Waals surface area contributed by atoms with Gasteiger partial charge in [-0.15, -0.1) is 0 Å². The third-order valence-corrected chi connectivity index (χ3v) is 4.39. The van der Waals surface area contributed by atoms with Crippen LogP contribution in [-0.2, 0) is 4.79 Å². The van der Waals surface area contributed by atoms with Gasteiger partial charge < -0.3 is 9.80 Å². The fourth-order valence-corrected chi connectivity index (χ4v) is 3.42. The second-order valence-corrected chi connectivity index (χ2v) is 6.15. The van der Waals surface area contributed by atoms with Crippen LogP contribution in [0.1, 0.15) is 25.7 Å². The Kier molecular flexibility index (Phi) is 5.16. The molecule has 0 aromatic carbocycles. The van der Waals surface area contributed by atoms with Gasteiger partial charge in [0.2, 0.25) is 5.91 Å². The van der Waals surface area contributed by atoms with Crippen molar-refractivity contribution in [2.45, 2.75) is 25.7 Å². The van der Waals surface area contributed by atoms with Gasteiger partial charge in [-0.05, 0) is 50.9 Å². The van der Waals surface area contributed by atoms with E-state index < -0.39 is 0 Å². The zero-order valence-corrected chi connectivity index (χ0v) is 11.7. The number of carbonyl (C=O) groups excluding carboxylic acids is 1. The lowest BCUT2D eigenvalue weighted by Gasteiger charge is -2.34. The van der Waals surface area contributed by atoms with Gasteiger partial charge >= 0.3 is 0 Å². The number of hydrogen-bond acceptors (Lipinski definition) is 3. The van der Waals surface area contributed by atoms with E-state index in [2.05, 4.69) is 9.80 Å². The normalized spacial score (nSPS) is 26.4. The molecule has 2 rings (SSSR count). The Hall–Kier alpha value is -0.220. The molecule has 2 saturated heterocycles. The summed E-state index contributed by atoms with van der Waals surface area (Å²) < 4.78 is 0. The molecule has 2 heterocycles. The Morgan fingerprint density at radius 2 is 2.00 bits per heavy atom. The van der Waals surface area contributed by atoms with E-state index in [0.29, 0.717) is 17.6 Å². The van der Waals surface area contributed by atoms with Gasteiger partial charge in [0.05, 0.1) is 5.75 Å². The molecule has 0 aromatic rings. The van der Waals surface area contributed by atoms with Crippen molar-refractivity contribution in [3.8, 4) is 0 Å². The maximum absolute atomic E-state index is 11.9. The lowest BCUT2D eigenvalue weighted by molar-refractivity contribution is -0.130. The minimum absolute atomic E-state index is 0.337. The van der Waals surface area contributed by atoms with E-state index in [4.69, 9.17) is 0 Å². The molecule has 0 saturated carbocycles. The second kappa shape index (κ2) is 6.64. The molecule has 0 spiro atoms. The number of amides is 1. The smallest absolute Gasteiger partial charge is 0.232 e. The molecule has 2 aliphatic heterocycles. The summed E-state index contributed by atoms with van der Waals surface area (Å²) in [7, 11) is 0. The molecule has 2 fully saturated rings. The van der Waals surface area contributed by atoms with Gasteiger partial charge in [-0.1, -0.05) is 0 Å². The lowest BCUT2D eigenvalue weighted by atomic mass is 9.97. The summed E-state index contributed by atoms with van der Waals surface area (Å²) in [4.78, 5) is 16.5. The van der Waals surface area contributed by atoms with Crippen LogP contribution < -0.4 is 0 Å². The zero-order valence-electron chi connectivity index (χ0n) is 10.9. The number of rotatable bonds is 4. The minimum Gasteiger partial charge on any atom is -0.342 e. The van der Waals surface area contributed by atoms with Crippen LogP contribution in [0, 0.1) is 5.92 Å². The van der Waals surface area contributed by atoms with Crippen molar-refractivity contribution < 1.29 is 4.79 Å². The fourth-order valence-electron chi connectivity index (χ4n) is 2.99. The van der Waals surface area contributed by atoms with Crippen LogP contribution in [0.5, 0.6) is 0 Å². The molecule has 0 bridgehead atoms. The molecule has 1 amide bonds. The topological polar surface area (TPSA) is 23.6 Å². The molecule has 0 unspecified atom stereocenters. The number of likely N-dealkylation sites (tertiary alicyclic amines) is 2. The number of hydrogen-bond donors (Lipinski definition) is 0. The van der Waals surface area contributed by atoms with Crippen molar-refractivity contribution in [3.05, 3.63) is 0 Å². The largest absolute Gasteiger partial charge is 0.342 e. The van der Waals surface area contributed by atoms with Crippen molar-refractivity contribution in [2.24, 2.45) is 5.92 Å². The van der Waals surface area contributed by atoms with Crippen LogP contribution in [0.3, 0.4) is 0 Å². The summed E-state index contributed by atoms with van der Waals surface area (Å²) in [5.41, 5.74) is 0. The first-order valence-corrected chi connectivity index (χ1v) is 8.18. The molecule has 98 valence electrons. The molecular formula is C13H24N2OS. The highest BCUT2D eigenvalue weighted by atomic mass is 32.2. The molecule has 2 aliphatic rings. The van der Waals surface area contributed by atoms with Gasteiger partial charge in [0, 0.05) is 19.6 Å². The summed E-state index contributed by atoms with van der Waals surface area (Å²) >= 11 is 1.64. The van der Waals surface area contributed by atoms with Crippen molar-refractivity contribution in [1.29, 1.82) is 0 Å². The van der Waals surface area contributed by atoms with Gasteiger partial charge in [0.25, 0.3) is 0 Å². The van der Waals surface area contributed by atoms with Gasteiger partial charge in [-0.2, -0.15) is 11.8 Å².